The summed E-state index contributed by atoms with van der Waals surface area (Å²) in [6, 6.07) is 4.35. The Bertz CT molecular complexity index is 556. The van der Waals surface area contributed by atoms with Crippen molar-refractivity contribution < 1.29 is 0 Å². The van der Waals surface area contributed by atoms with Gasteiger partial charge in [-0.15, -0.1) is 11.3 Å². The van der Waals surface area contributed by atoms with Gasteiger partial charge in [0.15, 0.2) is 5.82 Å². The first-order valence-electron chi connectivity index (χ1n) is 5.97. The van der Waals surface area contributed by atoms with Gasteiger partial charge in [-0.2, -0.15) is 0 Å². The Balaban J connectivity index is 2.12. The molecular formula is C13H15BrN2S. The lowest BCUT2D eigenvalue weighted by Crippen LogP contribution is -2.18. The van der Waals surface area contributed by atoms with E-state index in [1.54, 1.807) is 0 Å². The monoisotopic (exact) mass is 310 g/mol. The summed E-state index contributed by atoms with van der Waals surface area (Å²) in [5.74, 6) is 1.89. The Morgan fingerprint density at radius 3 is 3.00 bits per heavy atom. The van der Waals surface area contributed by atoms with Crippen molar-refractivity contribution in [3.63, 3.8) is 0 Å². The topological polar surface area (TPSA) is 17.8 Å². The maximum Gasteiger partial charge on any atom is 0.151 e. The molecule has 2 aromatic rings. The minimum absolute atomic E-state index is 0.753. The first kappa shape index (κ1) is 11.5. The summed E-state index contributed by atoms with van der Waals surface area (Å²) in [4.78, 5) is 7.33. The summed E-state index contributed by atoms with van der Waals surface area (Å²) < 4.78 is 3.43. The number of halogens is 1. The molecule has 0 N–H and O–H groups in total. The average molecular weight is 311 g/mol. The van der Waals surface area contributed by atoms with Gasteiger partial charge in [-0.1, -0.05) is 6.92 Å². The van der Waals surface area contributed by atoms with Crippen molar-refractivity contribution in [2.75, 3.05) is 0 Å². The van der Waals surface area contributed by atoms with Gasteiger partial charge in [-0.3, -0.25) is 0 Å². The molecule has 0 aliphatic carbocycles. The number of imidazole rings is 1. The first-order valence-corrected chi connectivity index (χ1v) is 7.58. The minimum Gasteiger partial charge on any atom is -0.326 e. The summed E-state index contributed by atoms with van der Waals surface area (Å²) in [6.45, 7) is 5.56. The standard InChI is InChI=1S/C13H15BrN2S/c1-8-3-5-10-12(14)15-13(16(10)7-8)11-6-4-9(2)17-11/h4,6,8H,3,5,7H2,1-2H3. The van der Waals surface area contributed by atoms with Crippen LogP contribution in [0.2, 0.25) is 0 Å². The van der Waals surface area contributed by atoms with Crippen LogP contribution in [-0.2, 0) is 13.0 Å². The van der Waals surface area contributed by atoms with E-state index >= 15 is 0 Å². The lowest BCUT2D eigenvalue weighted by molar-refractivity contribution is 0.401. The van der Waals surface area contributed by atoms with E-state index in [1.807, 2.05) is 11.3 Å². The Morgan fingerprint density at radius 2 is 2.29 bits per heavy atom. The van der Waals surface area contributed by atoms with E-state index in [0.29, 0.717) is 0 Å². The van der Waals surface area contributed by atoms with E-state index in [2.05, 4.69) is 46.5 Å². The lowest BCUT2D eigenvalue weighted by Gasteiger charge is -2.22. The van der Waals surface area contributed by atoms with Gasteiger partial charge in [0.25, 0.3) is 0 Å². The third kappa shape index (κ3) is 1.97. The van der Waals surface area contributed by atoms with Crippen LogP contribution in [0.25, 0.3) is 10.7 Å². The van der Waals surface area contributed by atoms with Gasteiger partial charge >= 0.3 is 0 Å². The fourth-order valence-electron chi connectivity index (χ4n) is 2.42. The van der Waals surface area contributed by atoms with Gasteiger partial charge in [-0.25, -0.2) is 4.98 Å². The molecule has 3 heterocycles. The quantitative estimate of drug-likeness (QED) is 0.769. The number of hydrogen-bond donors (Lipinski definition) is 0. The maximum absolute atomic E-state index is 4.70. The predicted octanol–water partition coefficient (Wildman–Crippen LogP) is 4.26. The number of nitrogens with zero attached hydrogens (tertiary/aromatic N) is 2. The molecule has 0 amide bonds. The molecule has 4 heteroatoms. The van der Waals surface area contributed by atoms with Gasteiger partial charge in [0.05, 0.1) is 10.6 Å². The van der Waals surface area contributed by atoms with Crippen molar-refractivity contribution in [1.82, 2.24) is 9.55 Å². The Kier molecular flexibility index (Phi) is 2.87. The van der Waals surface area contributed by atoms with E-state index in [9.17, 15) is 0 Å². The number of fused-ring (bicyclic) bond motifs is 1. The summed E-state index contributed by atoms with van der Waals surface area (Å²) in [5, 5.41) is 0. The van der Waals surface area contributed by atoms with Crippen molar-refractivity contribution in [3.05, 3.63) is 27.3 Å². The number of thiophene rings is 1. The van der Waals surface area contributed by atoms with Crippen molar-refractivity contribution in [3.8, 4) is 10.7 Å². The van der Waals surface area contributed by atoms with Crippen LogP contribution < -0.4 is 0 Å². The zero-order chi connectivity index (χ0) is 12.0. The van der Waals surface area contributed by atoms with Gasteiger partial charge in [0.1, 0.15) is 4.60 Å². The van der Waals surface area contributed by atoms with E-state index in [-0.39, 0.29) is 0 Å². The van der Waals surface area contributed by atoms with Crippen LogP contribution in [0.5, 0.6) is 0 Å². The van der Waals surface area contributed by atoms with E-state index < -0.39 is 0 Å². The van der Waals surface area contributed by atoms with E-state index in [1.165, 1.54) is 21.9 Å². The Hall–Kier alpha value is -0.610. The van der Waals surface area contributed by atoms with Gasteiger partial charge in [-0.05, 0) is 53.7 Å². The molecule has 1 atom stereocenters. The van der Waals surface area contributed by atoms with E-state index in [0.717, 1.165) is 29.3 Å². The molecule has 0 fully saturated rings. The number of rotatable bonds is 1. The van der Waals surface area contributed by atoms with Crippen LogP contribution in [0, 0.1) is 12.8 Å². The highest BCUT2D eigenvalue weighted by atomic mass is 79.9. The molecule has 2 nitrogen and oxygen atoms in total. The van der Waals surface area contributed by atoms with Crippen molar-refractivity contribution >= 4 is 27.3 Å². The van der Waals surface area contributed by atoms with Crippen LogP contribution in [-0.4, -0.2) is 9.55 Å². The lowest BCUT2D eigenvalue weighted by atomic mass is 10.0. The molecule has 3 rings (SSSR count). The molecule has 1 aliphatic heterocycles. The molecule has 0 spiro atoms. The molecule has 0 radical (unpaired) electrons. The second-order valence-electron chi connectivity index (χ2n) is 4.84. The fraction of sp³-hybridized carbons (Fsp3) is 0.462. The average Bonchev–Trinajstić information content (AvgIpc) is 2.83. The number of aryl methyl sites for hydroxylation is 1. The molecule has 0 saturated carbocycles. The summed E-state index contributed by atoms with van der Waals surface area (Å²) in [5.41, 5.74) is 1.36. The van der Waals surface area contributed by atoms with Crippen molar-refractivity contribution in [2.45, 2.75) is 33.2 Å². The normalized spacial score (nSPS) is 19.4. The molecule has 17 heavy (non-hydrogen) atoms. The predicted molar refractivity (Wildman–Crippen MR) is 75.5 cm³/mol. The summed E-state index contributed by atoms with van der Waals surface area (Å²) in [7, 11) is 0. The van der Waals surface area contributed by atoms with Crippen molar-refractivity contribution in [2.24, 2.45) is 5.92 Å². The summed E-state index contributed by atoms with van der Waals surface area (Å²) in [6.07, 6.45) is 2.41. The highest BCUT2D eigenvalue weighted by Crippen LogP contribution is 2.34. The molecule has 1 aliphatic rings. The molecule has 1 unspecified atom stereocenters. The first-order chi connectivity index (χ1) is 8.15. The number of aromatic nitrogens is 2. The minimum atomic E-state index is 0.753. The van der Waals surface area contributed by atoms with Crippen LogP contribution in [0.15, 0.2) is 16.7 Å². The zero-order valence-corrected chi connectivity index (χ0v) is 12.4. The zero-order valence-electron chi connectivity index (χ0n) is 10.0. The highest BCUT2D eigenvalue weighted by molar-refractivity contribution is 9.10. The molecule has 2 aromatic heterocycles. The Morgan fingerprint density at radius 1 is 1.47 bits per heavy atom. The van der Waals surface area contributed by atoms with Crippen LogP contribution in [0.3, 0.4) is 0 Å². The second kappa shape index (κ2) is 4.25. The van der Waals surface area contributed by atoms with Crippen LogP contribution in [0.4, 0.5) is 0 Å². The smallest absolute Gasteiger partial charge is 0.151 e. The molecule has 90 valence electrons. The second-order valence-corrected chi connectivity index (χ2v) is 6.88. The largest absolute Gasteiger partial charge is 0.326 e. The van der Waals surface area contributed by atoms with Crippen LogP contribution >= 0.6 is 27.3 Å². The third-order valence-electron chi connectivity index (χ3n) is 3.35. The SMILES string of the molecule is Cc1ccc(-c2nc(Br)c3n2CC(C)CC3)s1. The fourth-order valence-corrected chi connectivity index (χ4v) is 3.87. The van der Waals surface area contributed by atoms with Crippen molar-refractivity contribution in [1.29, 1.82) is 0 Å². The highest BCUT2D eigenvalue weighted by Gasteiger charge is 2.23. The van der Waals surface area contributed by atoms with Gasteiger partial charge in [0.2, 0.25) is 0 Å². The van der Waals surface area contributed by atoms with Gasteiger partial charge in [0, 0.05) is 11.4 Å². The third-order valence-corrected chi connectivity index (χ3v) is 4.98. The number of hydrogen-bond acceptors (Lipinski definition) is 2. The molecule has 0 saturated heterocycles. The Labute approximate surface area is 114 Å². The molecular weight excluding hydrogens is 296 g/mol. The summed E-state index contributed by atoms with van der Waals surface area (Å²) >= 11 is 5.42. The molecule has 0 bridgehead atoms. The maximum atomic E-state index is 4.70. The molecule has 0 aromatic carbocycles. The van der Waals surface area contributed by atoms with Gasteiger partial charge < -0.3 is 4.57 Å². The van der Waals surface area contributed by atoms with E-state index in [4.69, 9.17) is 4.98 Å². The van der Waals surface area contributed by atoms with Crippen LogP contribution in [0.1, 0.15) is 23.9 Å².